The van der Waals surface area contributed by atoms with Crippen molar-refractivity contribution in [3.8, 4) is 22.8 Å². The van der Waals surface area contributed by atoms with E-state index in [1.165, 1.54) is 6.07 Å². The zero-order chi connectivity index (χ0) is 20.2. The monoisotopic (exact) mass is 392 g/mol. The van der Waals surface area contributed by atoms with Gasteiger partial charge in [0, 0.05) is 48.6 Å². The first-order valence-electron chi connectivity index (χ1n) is 9.62. The molecule has 1 N–H and O–H groups in total. The van der Waals surface area contributed by atoms with E-state index in [1.54, 1.807) is 26.6 Å². The quantitative estimate of drug-likeness (QED) is 0.695. The first-order valence-corrected chi connectivity index (χ1v) is 9.62. The molecule has 1 aliphatic heterocycles. The molecule has 0 amide bonds. The minimum Gasteiger partial charge on any atom is -0.493 e. The normalized spacial score (nSPS) is 16.7. The molecule has 1 aliphatic rings. The number of likely N-dealkylation sites (tertiary alicyclic amines) is 1. The maximum absolute atomic E-state index is 12.2. The Morgan fingerprint density at radius 3 is 2.86 bits per heavy atom. The largest absolute Gasteiger partial charge is 0.493 e. The van der Waals surface area contributed by atoms with Crippen molar-refractivity contribution in [2.45, 2.75) is 18.9 Å². The molecule has 1 aromatic carbocycles. The van der Waals surface area contributed by atoms with Crippen LogP contribution in [-0.2, 0) is 6.54 Å². The summed E-state index contributed by atoms with van der Waals surface area (Å²) in [7, 11) is 3.30. The molecule has 3 heterocycles. The van der Waals surface area contributed by atoms with Gasteiger partial charge in [-0.25, -0.2) is 4.98 Å². The lowest BCUT2D eigenvalue weighted by Crippen LogP contribution is -2.21. The van der Waals surface area contributed by atoms with Gasteiger partial charge in [0.25, 0.3) is 5.56 Å². The molecular formula is C22H24N4O3. The van der Waals surface area contributed by atoms with Crippen LogP contribution < -0.4 is 15.0 Å². The van der Waals surface area contributed by atoms with Crippen molar-refractivity contribution in [3.05, 3.63) is 70.5 Å². The fourth-order valence-corrected chi connectivity index (χ4v) is 3.85. The maximum atomic E-state index is 12.2. The zero-order valence-electron chi connectivity index (χ0n) is 16.6. The van der Waals surface area contributed by atoms with Gasteiger partial charge in [0.1, 0.15) is 5.82 Å². The Balaban J connectivity index is 1.52. The van der Waals surface area contributed by atoms with Crippen molar-refractivity contribution in [2.24, 2.45) is 0 Å². The van der Waals surface area contributed by atoms with Crippen molar-refractivity contribution in [3.63, 3.8) is 0 Å². The number of ether oxygens (including phenoxy) is 2. The average molecular weight is 392 g/mol. The van der Waals surface area contributed by atoms with E-state index < -0.39 is 0 Å². The summed E-state index contributed by atoms with van der Waals surface area (Å²) < 4.78 is 11.0. The highest BCUT2D eigenvalue weighted by atomic mass is 16.5. The van der Waals surface area contributed by atoms with Crippen LogP contribution in [0.25, 0.3) is 11.3 Å². The number of aromatic nitrogens is 3. The van der Waals surface area contributed by atoms with Gasteiger partial charge in [-0.3, -0.25) is 14.7 Å². The number of nitrogens with zero attached hydrogens (tertiary/aromatic N) is 3. The highest BCUT2D eigenvalue weighted by molar-refractivity contribution is 5.57. The Kier molecular flexibility index (Phi) is 5.57. The molecule has 0 unspecified atom stereocenters. The fraction of sp³-hybridized carbons (Fsp3) is 0.318. The maximum Gasteiger partial charge on any atom is 0.251 e. The number of benzene rings is 1. The zero-order valence-corrected chi connectivity index (χ0v) is 16.6. The molecule has 0 radical (unpaired) electrons. The molecule has 0 saturated carbocycles. The second kappa shape index (κ2) is 8.45. The van der Waals surface area contributed by atoms with E-state index in [0.717, 1.165) is 54.5 Å². The van der Waals surface area contributed by atoms with Gasteiger partial charge in [0.05, 0.1) is 19.9 Å². The van der Waals surface area contributed by atoms with Gasteiger partial charge in [-0.2, -0.15) is 0 Å². The minimum atomic E-state index is -0.137. The van der Waals surface area contributed by atoms with Crippen molar-refractivity contribution in [2.75, 3.05) is 27.3 Å². The van der Waals surface area contributed by atoms with E-state index >= 15 is 0 Å². The lowest BCUT2D eigenvalue weighted by Gasteiger charge is -2.19. The van der Waals surface area contributed by atoms with Gasteiger partial charge in [0.2, 0.25) is 0 Å². The standard InChI is InChI=1S/C22H24N4O3/c1-28-19-7-3-5-16(21(19)29-2)13-26-10-8-17(14-26)22-24-18(11-20(27)25-22)15-6-4-9-23-12-15/h3-7,9,11-12,17H,8,10,13-14H2,1-2H3,(H,24,25,27)/t17-/m1/s1. The SMILES string of the molecule is COc1cccc(CN2CC[C@@H](c3nc(-c4cccnc4)cc(=O)[nH]3)C2)c1OC. The Labute approximate surface area is 169 Å². The predicted molar refractivity (Wildman–Crippen MR) is 110 cm³/mol. The van der Waals surface area contributed by atoms with E-state index in [-0.39, 0.29) is 11.5 Å². The predicted octanol–water partition coefficient (Wildman–Crippen LogP) is 2.84. The molecule has 0 spiro atoms. The fourth-order valence-electron chi connectivity index (χ4n) is 3.85. The third-order valence-electron chi connectivity index (χ3n) is 5.25. The summed E-state index contributed by atoms with van der Waals surface area (Å²) in [6.45, 7) is 2.50. The van der Waals surface area contributed by atoms with Crippen LogP contribution in [0.3, 0.4) is 0 Å². The number of hydrogen-bond acceptors (Lipinski definition) is 6. The Morgan fingerprint density at radius 2 is 2.10 bits per heavy atom. The first-order chi connectivity index (χ1) is 14.2. The number of nitrogens with one attached hydrogen (secondary N) is 1. The van der Waals surface area contributed by atoms with Gasteiger partial charge < -0.3 is 14.5 Å². The number of rotatable bonds is 6. The van der Waals surface area contributed by atoms with E-state index in [0.29, 0.717) is 5.69 Å². The molecule has 3 aromatic rings. The van der Waals surface area contributed by atoms with E-state index in [1.807, 2.05) is 24.3 Å². The third-order valence-corrected chi connectivity index (χ3v) is 5.25. The summed E-state index contributed by atoms with van der Waals surface area (Å²) in [4.78, 5) is 26.3. The van der Waals surface area contributed by atoms with E-state index in [2.05, 4.69) is 20.9 Å². The van der Waals surface area contributed by atoms with Gasteiger partial charge in [-0.15, -0.1) is 0 Å². The minimum absolute atomic E-state index is 0.137. The molecule has 0 aliphatic carbocycles. The van der Waals surface area contributed by atoms with E-state index in [4.69, 9.17) is 14.5 Å². The van der Waals surface area contributed by atoms with Crippen molar-refractivity contribution in [1.82, 2.24) is 19.9 Å². The molecule has 4 rings (SSSR count). The molecule has 2 aromatic heterocycles. The summed E-state index contributed by atoms with van der Waals surface area (Å²) in [6, 6.07) is 11.2. The molecule has 0 bridgehead atoms. The molecule has 1 fully saturated rings. The lowest BCUT2D eigenvalue weighted by atomic mass is 10.1. The number of hydrogen-bond donors (Lipinski definition) is 1. The summed E-state index contributed by atoms with van der Waals surface area (Å²) in [5.74, 6) is 2.41. The number of para-hydroxylation sites is 1. The molecule has 29 heavy (non-hydrogen) atoms. The average Bonchev–Trinajstić information content (AvgIpc) is 3.22. The summed E-state index contributed by atoms with van der Waals surface area (Å²) in [5, 5.41) is 0. The highest BCUT2D eigenvalue weighted by Gasteiger charge is 2.27. The second-order valence-electron chi connectivity index (χ2n) is 7.13. The van der Waals surface area contributed by atoms with Crippen LogP contribution in [-0.4, -0.2) is 47.2 Å². The van der Waals surface area contributed by atoms with Crippen LogP contribution in [0.15, 0.2) is 53.6 Å². The number of H-pyrrole nitrogens is 1. The van der Waals surface area contributed by atoms with Crippen LogP contribution in [0.2, 0.25) is 0 Å². The van der Waals surface area contributed by atoms with Crippen molar-refractivity contribution in [1.29, 1.82) is 0 Å². The third kappa shape index (κ3) is 4.14. The number of methoxy groups -OCH3 is 2. The van der Waals surface area contributed by atoms with Crippen LogP contribution >= 0.6 is 0 Å². The first kappa shape index (κ1) is 19.1. The van der Waals surface area contributed by atoms with Crippen LogP contribution in [0.5, 0.6) is 11.5 Å². The summed E-state index contributed by atoms with van der Waals surface area (Å²) >= 11 is 0. The molecule has 1 atom stereocenters. The molecule has 1 saturated heterocycles. The molecule has 150 valence electrons. The smallest absolute Gasteiger partial charge is 0.251 e. The van der Waals surface area contributed by atoms with E-state index in [9.17, 15) is 4.79 Å². The van der Waals surface area contributed by atoms with Gasteiger partial charge in [0.15, 0.2) is 11.5 Å². The molecular weight excluding hydrogens is 368 g/mol. The molecule has 7 nitrogen and oxygen atoms in total. The number of pyridine rings is 1. The number of aromatic amines is 1. The van der Waals surface area contributed by atoms with Crippen LogP contribution in [0.1, 0.15) is 23.7 Å². The summed E-state index contributed by atoms with van der Waals surface area (Å²) in [5.41, 5.74) is 2.44. The van der Waals surface area contributed by atoms with Gasteiger partial charge in [-0.05, 0) is 31.2 Å². The van der Waals surface area contributed by atoms with Crippen LogP contribution in [0.4, 0.5) is 0 Å². The summed E-state index contributed by atoms with van der Waals surface area (Å²) in [6.07, 6.45) is 4.37. The highest BCUT2D eigenvalue weighted by Crippen LogP contribution is 2.33. The van der Waals surface area contributed by atoms with Crippen molar-refractivity contribution < 1.29 is 9.47 Å². The Morgan fingerprint density at radius 1 is 1.21 bits per heavy atom. The Bertz CT molecular complexity index is 1040. The topological polar surface area (TPSA) is 80.3 Å². The lowest BCUT2D eigenvalue weighted by molar-refractivity contribution is 0.308. The van der Waals surface area contributed by atoms with Gasteiger partial charge in [-0.1, -0.05) is 12.1 Å². The van der Waals surface area contributed by atoms with Crippen molar-refractivity contribution >= 4 is 0 Å². The van der Waals surface area contributed by atoms with Crippen LogP contribution in [0, 0.1) is 0 Å². The second-order valence-corrected chi connectivity index (χ2v) is 7.13. The Hall–Kier alpha value is -3.19. The van der Waals surface area contributed by atoms with Gasteiger partial charge >= 0.3 is 0 Å². The molecule has 7 heteroatoms.